The summed E-state index contributed by atoms with van der Waals surface area (Å²) < 4.78 is 35.1. The Balaban J connectivity index is 1.26. The van der Waals surface area contributed by atoms with Crippen molar-refractivity contribution in [1.82, 2.24) is 0 Å². The summed E-state index contributed by atoms with van der Waals surface area (Å²) in [5.41, 5.74) is -1.11. The van der Waals surface area contributed by atoms with Gasteiger partial charge in [-0.2, -0.15) is 0 Å². The molecule has 352 valence electrons. The number of anilines is 1. The van der Waals surface area contributed by atoms with E-state index in [1.807, 2.05) is 57.4 Å². The maximum Gasteiger partial charge on any atom is 0.343 e. The van der Waals surface area contributed by atoms with Gasteiger partial charge in [-0.15, -0.1) is 0 Å². The molecule has 0 radical (unpaired) electrons. The number of likely N-dealkylation sites (N-methyl/N-ethyl adjacent to an activating group) is 1. The first-order valence-electron chi connectivity index (χ1n) is 22.2. The fraction of sp³-hybridized carbons (Fsp3) is 0.451. The first-order chi connectivity index (χ1) is 31.1. The lowest BCUT2D eigenvalue weighted by Crippen LogP contribution is -2.61. The zero-order chi connectivity index (χ0) is 48.2. The van der Waals surface area contributed by atoms with Crippen molar-refractivity contribution in [1.29, 1.82) is 0 Å². The molecule has 4 aromatic carbocycles. The number of alkyl halides is 2. The van der Waals surface area contributed by atoms with Gasteiger partial charge in [0.1, 0.15) is 38.3 Å². The molecule has 0 saturated carbocycles. The summed E-state index contributed by atoms with van der Waals surface area (Å²) in [6.45, 7) is 15.2. The van der Waals surface area contributed by atoms with Crippen LogP contribution in [0.25, 0.3) is 10.8 Å². The van der Waals surface area contributed by atoms with Crippen molar-refractivity contribution in [2.24, 2.45) is 15.8 Å². The SMILES string of the molecule is CCCCOC(=O)C(Br)CC(C)(C)C(=O)Oc1cc(OC(=O)C(C)(C)CC(Br)C(=O)OCCCC)cc(C(=O)Oc2ccc3ccc4c(c3c2)N=CC2(O4)N(C)c3ccccc3C2(C)C)c1. The molecule has 2 heterocycles. The Labute approximate surface area is 403 Å². The van der Waals surface area contributed by atoms with Crippen molar-refractivity contribution in [3.63, 3.8) is 0 Å². The van der Waals surface area contributed by atoms with Gasteiger partial charge in [-0.1, -0.05) is 88.9 Å². The van der Waals surface area contributed by atoms with Crippen LogP contribution in [-0.2, 0) is 34.1 Å². The minimum atomic E-state index is -1.22. The van der Waals surface area contributed by atoms with Gasteiger partial charge in [0.15, 0.2) is 0 Å². The second-order valence-electron chi connectivity index (χ2n) is 18.6. The van der Waals surface area contributed by atoms with Gasteiger partial charge >= 0.3 is 29.8 Å². The molecule has 66 heavy (non-hydrogen) atoms. The van der Waals surface area contributed by atoms with E-state index in [0.717, 1.165) is 29.5 Å². The van der Waals surface area contributed by atoms with Crippen molar-refractivity contribution in [2.45, 2.75) is 115 Å². The smallest absolute Gasteiger partial charge is 0.343 e. The Bertz CT molecular complexity index is 2460. The highest BCUT2D eigenvalue weighted by Gasteiger charge is 2.58. The summed E-state index contributed by atoms with van der Waals surface area (Å²) in [5, 5.41) is 1.51. The van der Waals surface area contributed by atoms with Gasteiger partial charge < -0.3 is 33.3 Å². The number of hydrogen-bond donors (Lipinski definition) is 0. The molecule has 0 amide bonds. The molecule has 0 aliphatic carbocycles. The number of nitrogens with zero attached hydrogens (tertiary/aromatic N) is 2. The van der Waals surface area contributed by atoms with Crippen LogP contribution in [0.4, 0.5) is 11.4 Å². The third-order valence-corrected chi connectivity index (χ3v) is 13.5. The number of para-hydroxylation sites is 1. The van der Waals surface area contributed by atoms with Crippen molar-refractivity contribution >= 4 is 90.1 Å². The largest absolute Gasteiger partial charge is 0.465 e. The van der Waals surface area contributed by atoms with E-state index in [4.69, 9.17) is 33.4 Å². The highest BCUT2D eigenvalue weighted by molar-refractivity contribution is 9.10. The Morgan fingerprint density at radius 1 is 0.727 bits per heavy atom. The summed E-state index contributed by atoms with van der Waals surface area (Å²) in [7, 11) is 1.99. The fourth-order valence-corrected chi connectivity index (χ4v) is 9.81. The standard InChI is InChI=1S/C51H58Br2N2O11/c1-10-12-22-61-44(57)38(52)28-48(3,4)46(59)64-34-24-32(25-35(26-34)65-47(60)49(5,6)29-39(53)45(58)62-23-13-11-2)43(56)63-33-20-18-31-19-21-41-42(36(31)27-33)54-30-51(66-41)50(7,8)37-16-14-15-17-40(37)55(51)9/h14-21,24-27,30,38-39H,10-13,22-23,28-29H2,1-9H3. The second kappa shape index (κ2) is 20.3. The predicted molar refractivity (Wildman–Crippen MR) is 260 cm³/mol. The van der Waals surface area contributed by atoms with E-state index in [1.165, 1.54) is 18.2 Å². The van der Waals surface area contributed by atoms with Gasteiger partial charge in [-0.05, 0) is 115 Å². The Hall–Kier alpha value is -5.28. The number of unbranched alkanes of at least 4 members (excludes halogenated alkanes) is 2. The van der Waals surface area contributed by atoms with E-state index in [9.17, 15) is 24.0 Å². The summed E-state index contributed by atoms with van der Waals surface area (Å²) in [4.78, 5) is 72.3. The average Bonchev–Trinajstić information content (AvgIpc) is 3.42. The second-order valence-corrected chi connectivity index (χ2v) is 20.8. The zero-order valence-electron chi connectivity index (χ0n) is 39.0. The first-order valence-corrected chi connectivity index (χ1v) is 24.0. The van der Waals surface area contributed by atoms with E-state index in [1.54, 1.807) is 39.8 Å². The van der Waals surface area contributed by atoms with Crippen LogP contribution in [0.5, 0.6) is 23.0 Å². The molecule has 2 aliphatic rings. The zero-order valence-corrected chi connectivity index (χ0v) is 42.1. The van der Waals surface area contributed by atoms with Gasteiger partial charge in [0.05, 0.1) is 41.2 Å². The van der Waals surface area contributed by atoms with Gasteiger partial charge in [0, 0.05) is 24.2 Å². The Morgan fingerprint density at radius 3 is 1.82 bits per heavy atom. The van der Waals surface area contributed by atoms with Crippen molar-refractivity contribution in [3.8, 4) is 23.0 Å². The Kier molecular flexibility index (Phi) is 15.4. The molecule has 0 N–H and O–H groups in total. The number of carbonyl (C=O) groups is 5. The van der Waals surface area contributed by atoms with E-state index in [0.29, 0.717) is 29.7 Å². The van der Waals surface area contributed by atoms with E-state index in [2.05, 4.69) is 62.7 Å². The molecule has 6 rings (SSSR count). The average molecular weight is 1030 g/mol. The monoisotopic (exact) mass is 1030 g/mol. The number of esters is 5. The molecule has 3 unspecified atom stereocenters. The lowest BCUT2D eigenvalue weighted by molar-refractivity contribution is -0.148. The number of benzene rings is 4. The van der Waals surface area contributed by atoms with Gasteiger partial charge in [0.2, 0.25) is 5.72 Å². The molecule has 1 spiro atoms. The van der Waals surface area contributed by atoms with Crippen molar-refractivity contribution < 1.29 is 52.4 Å². The number of carbonyl (C=O) groups excluding carboxylic acids is 5. The van der Waals surface area contributed by atoms with Crippen LogP contribution in [0.2, 0.25) is 0 Å². The van der Waals surface area contributed by atoms with Crippen molar-refractivity contribution in [3.05, 3.63) is 83.9 Å². The summed E-state index contributed by atoms with van der Waals surface area (Å²) >= 11 is 6.72. The molecule has 3 atom stereocenters. The summed E-state index contributed by atoms with van der Waals surface area (Å²) in [6, 6.07) is 21.1. The lowest BCUT2D eigenvalue weighted by Gasteiger charge is -2.45. The van der Waals surface area contributed by atoms with Gasteiger partial charge in [-0.25, -0.2) is 4.79 Å². The van der Waals surface area contributed by atoms with E-state index in [-0.39, 0.29) is 48.9 Å². The molecule has 2 aliphatic heterocycles. The Morgan fingerprint density at radius 2 is 1.27 bits per heavy atom. The van der Waals surface area contributed by atoms with Crippen LogP contribution in [0.1, 0.15) is 110 Å². The number of aliphatic imine (C=N–C) groups is 1. The van der Waals surface area contributed by atoms with Crippen LogP contribution in [-0.4, -0.2) is 71.7 Å². The minimum Gasteiger partial charge on any atom is -0.465 e. The number of ether oxygens (including phenoxy) is 6. The number of fused-ring (bicyclic) bond motifs is 4. The molecule has 0 fully saturated rings. The fourth-order valence-electron chi connectivity index (χ4n) is 7.93. The number of hydrogen-bond acceptors (Lipinski definition) is 13. The molecular weight excluding hydrogens is 976 g/mol. The molecule has 0 aromatic heterocycles. The maximum absolute atomic E-state index is 14.1. The third-order valence-electron chi connectivity index (χ3n) is 12.1. The number of halogens is 2. The molecule has 15 heteroatoms. The van der Waals surface area contributed by atoms with Crippen LogP contribution in [0, 0.1) is 10.8 Å². The van der Waals surface area contributed by atoms with Crippen molar-refractivity contribution in [2.75, 3.05) is 25.2 Å². The highest BCUT2D eigenvalue weighted by atomic mass is 79.9. The lowest BCUT2D eigenvalue weighted by atomic mass is 9.77. The van der Waals surface area contributed by atoms with Gasteiger partial charge in [-0.3, -0.25) is 24.2 Å². The first kappa shape index (κ1) is 50.1. The predicted octanol–water partition coefficient (Wildman–Crippen LogP) is 11.1. The maximum atomic E-state index is 14.1. The third kappa shape index (κ3) is 10.6. The van der Waals surface area contributed by atoms with Crippen LogP contribution in [0.15, 0.2) is 77.8 Å². The normalized spacial score (nSPS) is 17.0. The van der Waals surface area contributed by atoms with E-state index < -0.39 is 61.5 Å². The van der Waals surface area contributed by atoms with Crippen LogP contribution >= 0.6 is 31.9 Å². The summed E-state index contributed by atoms with van der Waals surface area (Å²) in [6.07, 6.45) is 5.03. The summed E-state index contributed by atoms with van der Waals surface area (Å²) in [5.74, 6) is -2.77. The molecular formula is C51H58Br2N2O11. The molecule has 4 aromatic rings. The highest BCUT2D eigenvalue weighted by Crippen LogP contribution is 2.54. The van der Waals surface area contributed by atoms with Gasteiger partial charge in [0.25, 0.3) is 0 Å². The van der Waals surface area contributed by atoms with Crippen LogP contribution < -0.4 is 23.8 Å². The van der Waals surface area contributed by atoms with E-state index >= 15 is 0 Å². The molecule has 13 nitrogen and oxygen atoms in total. The molecule has 0 bridgehead atoms. The quantitative estimate of drug-likeness (QED) is 0.0403. The number of rotatable bonds is 18. The van der Waals surface area contributed by atoms with Crippen LogP contribution in [0.3, 0.4) is 0 Å². The molecule has 0 saturated heterocycles. The minimum absolute atomic E-state index is 0.0347. The topological polar surface area (TPSA) is 156 Å².